The average Bonchev–Trinajstić information content (AvgIpc) is 2.71. The van der Waals surface area contributed by atoms with Gasteiger partial charge in [-0.05, 0) is 80.3 Å². The minimum Gasteiger partial charge on any atom is -0.508 e. The van der Waals surface area contributed by atoms with Gasteiger partial charge in [-0.3, -0.25) is 0 Å². The van der Waals surface area contributed by atoms with E-state index in [0.29, 0.717) is 27.6 Å². The molecule has 4 aromatic rings. The number of nitrogens with zero attached hydrogens (tertiary/aromatic N) is 2. The lowest BCUT2D eigenvalue weighted by atomic mass is 9.89. The molecule has 4 aromatic carbocycles. The summed E-state index contributed by atoms with van der Waals surface area (Å²) in [5.74, 6) is -1.02. The first-order valence-electron chi connectivity index (χ1n) is 8.26. The summed E-state index contributed by atoms with van der Waals surface area (Å²) in [5, 5.41) is 25.5. The molecule has 0 unspecified atom stereocenters. The highest BCUT2D eigenvalue weighted by Crippen LogP contribution is 2.40. The molecule has 0 spiro atoms. The molecule has 0 atom stereocenters. The van der Waals surface area contributed by atoms with Gasteiger partial charge in [-0.15, -0.1) is 4.91 Å². The standard InChI is InChI=1S/C21H12N2O4S/c24-15-3-6-17-12(9-15)7-11-8-13(22-27)1-4-16(11)20(17)18-5-2-14(23-28)10-19(18)21(25)26/h1-10,24H,(H,25,26). The number of carboxylic acids is 1. The molecule has 4 rings (SSSR count). The van der Waals surface area contributed by atoms with Gasteiger partial charge in [0, 0.05) is 12.4 Å². The summed E-state index contributed by atoms with van der Waals surface area (Å²) in [4.78, 5) is 22.9. The van der Waals surface area contributed by atoms with Crippen LogP contribution in [-0.4, -0.2) is 16.2 Å². The molecule has 6 nitrogen and oxygen atoms in total. The molecule has 0 aliphatic carbocycles. The monoisotopic (exact) mass is 388 g/mol. The van der Waals surface area contributed by atoms with Gasteiger partial charge in [0.1, 0.15) is 11.4 Å². The molecule has 136 valence electrons. The quantitative estimate of drug-likeness (QED) is 0.339. The molecular formula is C21H12N2O4S. The van der Waals surface area contributed by atoms with E-state index in [9.17, 15) is 19.9 Å². The third kappa shape index (κ3) is 2.87. The lowest BCUT2D eigenvalue weighted by Crippen LogP contribution is -2.00. The summed E-state index contributed by atoms with van der Waals surface area (Å²) in [7, 11) is 0. The van der Waals surface area contributed by atoms with E-state index in [2.05, 4.69) is 22.0 Å². The Balaban J connectivity index is 2.19. The number of carboxylic acid groups (broad SMARTS) is 1. The number of hydrogen-bond acceptors (Lipinski definition) is 6. The van der Waals surface area contributed by atoms with Gasteiger partial charge in [0.2, 0.25) is 0 Å². The van der Waals surface area contributed by atoms with Crippen LogP contribution in [0.1, 0.15) is 10.4 Å². The average molecular weight is 388 g/mol. The van der Waals surface area contributed by atoms with Crippen LogP contribution in [0.3, 0.4) is 0 Å². The number of aromatic hydroxyl groups is 1. The van der Waals surface area contributed by atoms with E-state index in [-0.39, 0.29) is 17.0 Å². The number of phenols is 1. The molecule has 0 radical (unpaired) electrons. The zero-order chi connectivity index (χ0) is 19.8. The van der Waals surface area contributed by atoms with Crippen LogP contribution in [-0.2, 0) is 12.4 Å². The van der Waals surface area contributed by atoms with Gasteiger partial charge in [-0.1, -0.05) is 18.2 Å². The topological polar surface area (TPSA) is 99.3 Å². The van der Waals surface area contributed by atoms with Gasteiger partial charge in [-0.25, -0.2) is 4.79 Å². The fourth-order valence-corrected chi connectivity index (χ4v) is 3.55. The third-order valence-electron chi connectivity index (χ3n) is 4.63. The normalized spacial score (nSPS) is 10.9. The van der Waals surface area contributed by atoms with Crippen molar-refractivity contribution in [1.82, 2.24) is 0 Å². The Morgan fingerprint density at radius 2 is 1.54 bits per heavy atom. The van der Waals surface area contributed by atoms with Crippen LogP contribution in [0.2, 0.25) is 0 Å². The molecule has 0 amide bonds. The van der Waals surface area contributed by atoms with E-state index in [0.717, 1.165) is 10.8 Å². The van der Waals surface area contributed by atoms with Crippen LogP contribution >= 0.6 is 0 Å². The molecule has 0 aliphatic rings. The first kappa shape index (κ1) is 17.7. The fraction of sp³-hybridized carbons (Fsp3) is 0. The minimum absolute atomic E-state index is 0.0607. The summed E-state index contributed by atoms with van der Waals surface area (Å²) in [6.07, 6.45) is 0. The Bertz CT molecular complexity index is 1300. The molecule has 0 aromatic heterocycles. The minimum atomic E-state index is -1.11. The number of hydrogen-bond donors (Lipinski definition) is 2. The number of fused-ring (bicyclic) bond motifs is 2. The fourth-order valence-electron chi connectivity index (χ4n) is 3.44. The molecule has 0 saturated carbocycles. The summed E-state index contributed by atoms with van der Waals surface area (Å²) in [6, 6.07) is 16.4. The molecule has 0 bridgehead atoms. The Hall–Kier alpha value is -3.71. The largest absolute Gasteiger partial charge is 0.508 e. The molecule has 0 heterocycles. The molecule has 2 N–H and O–H groups in total. The van der Waals surface area contributed by atoms with Crippen molar-refractivity contribution in [2.24, 2.45) is 9.54 Å². The lowest BCUT2D eigenvalue weighted by molar-refractivity contribution is 0.0698. The lowest BCUT2D eigenvalue weighted by Gasteiger charge is -2.15. The highest BCUT2D eigenvalue weighted by atomic mass is 32.1. The Morgan fingerprint density at radius 1 is 0.857 bits per heavy atom. The van der Waals surface area contributed by atoms with E-state index < -0.39 is 5.97 Å². The second-order valence-corrected chi connectivity index (χ2v) is 6.46. The summed E-state index contributed by atoms with van der Waals surface area (Å²) < 4.78 is 3.65. The molecular weight excluding hydrogens is 376 g/mol. The molecule has 0 aliphatic heterocycles. The summed E-state index contributed by atoms with van der Waals surface area (Å²) >= 11 is 4.68. The van der Waals surface area contributed by atoms with Crippen LogP contribution < -0.4 is 0 Å². The number of phenolic OH excluding ortho intramolecular Hbond substituents is 1. The van der Waals surface area contributed by atoms with Crippen LogP contribution in [0.4, 0.5) is 11.4 Å². The van der Waals surface area contributed by atoms with Crippen LogP contribution in [0.15, 0.2) is 70.2 Å². The van der Waals surface area contributed by atoms with Crippen molar-refractivity contribution in [3.05, 3.63) is 71.1 Å². The van der Waals surface area contributed by atoms with E-state index in [1.165, 1.54) is 6.07 Å². The predicted molar refractivity (Wildman–Crippen MR) is 110 cm³/mol. The molecule has 28 heavy (non-hydrogen) atoms. The highest BCUT2D eigenvalue weighted by molar-refractivity contribution is 7.47. The van der Waals surface area contributed by atoms with Gasteiger partial charge in [-0.2, -0.15) is 4.36 Å². The van der Waals surface area contributed by atoms with Gasteiger partial charge in [0.25, 0.3) is 0 Å². The van der Waals surface area contributed by atoms with E-state index in [1.807, 2.05) is 6.07 Å². The van der Waals surface area contributed by atoms with Crippen molar-refractivity contribution in [3.63, 3.8) is 0 Å². The zero-order valence-corrected chi connectivity index (χ0v) is 15.1. The molecule has 0 fully saturated rings. The van der Waals surface area contributed by atoms with Gasteiger partial charge in [0.15, 0.2) is 0 Å². The SMILES string of the molecule is O=Nc1ccc2c(-c3ccc(N=S)cc3C(=O)O)c3ccc(O)cc3cc2c1. The van der Waals surface area contributed by atoms with Crippen molar-refractivity contribution in [2.75, 3.05) is 0 Å². The number of rotatable bonds is 4. The van der Waals surface area contributed by atoms with Crippen LogP contribution in [0, 0.1) is 4.91 Å². The van der Waals surface area contributed by atoms with Crippen LogP contribution in [0.5, 0.6) is 5.75 Å². The number of aromatic carboxylic acids is 1. The summed E-state index contributed by atoms with van der Waals surface area (Å²) in [5.41, 5.74) is 1.87. The van der Waals surface area contributed by atoms with Crippen molar-refractivity contribution in [2.45, 2.75) is 0 Å². The van der Waals surface area contributed by atoms with Crippen molar-refractivity contribution < 1.29 is 15.0 Å². The van der Waals surface area contributed by atoms with Crippen LogP contribution in [0.25, 0.3) is 32.7 Å². The first-order chi connectivity index (χ1) is 13.5. The van der Waals surface area contributed by atoms with E-state index in [1.54, 1.807) is 48.5 Å². The Morgan fingerprint density at radius 3 is 2.21 bits per heavy atom. The van der Waals surface area contributed by atoms with Crippen molar-refractivity contribution in [1.29, 1.82) is 0 Å². The number of benzene rings is 4. The van der Waals surface area contributed by atoms with Gasteiger partial charge < -0.3 is 10.2 Å². The smallest absolute Gasteiger partial charge is 0.336 e. The third-order valence-corrected chi connectivity index (χ3v) is 4.84. The number of nitroso groups, excluding NO2 is 1. The maximum atomic E-state index is 11.9. The predicted octanol–water partition coefficient (Wildman–Crippen LogP) is 5.82. The molecule has 7 heteroatoms. The van der Waals surface area contributed by atoms with Crippen molar-refractivity contribution >= 4 is 51.3 Å². The maximum absolute atomic E-state index is 11.9. The van der Waals surface area contributed by atoms with Gasteiger partial charge in [0.05, 0.1) is 11.3 Å². The van der Waals surface area contributed by atoms with Gasteiger partial charge >= 0.3 is 5.97 Å². The Labute approximate surface area is 164 Å². The zero-order valence-electron chi connectivity index (χ0n) is 14.3. The highest BCUT2D eigenvalue weighted by Gasteiger charge is 2.18. The summed E-state index contributed by atoms with van der Waals surface area (Å²) in [6.45, 7) is 0. The first-order valence-corrected chi connectivity index (χ1v) is 8.62. The maximum Gasteiger partial charge on any atom is 0.336 e. The Kier molecular flexibility index (Phi) is 4.29. The van der Waals surface area contributed by atoms with E-state index >= 15 is 0 Å². The molecule has 0 saturated heterocycles. The number of carbonyl (C=O) groups is 1. The second kappa shape index (κ2) is 6.79. The van der Waals surface area contributed by atoms with E-state index in [4.69, 9.17) is 0 Å². The van der Waals surface area contributed by atoms with Crippen molar-refractivity contribution in [3.8, 4) is 16.9 Å². The second-order valence-electron chi connectivity index (χ2n) is 6.28.